The predicted octanol–water partition coefficient (Wildman–Crippen LogP) is 2.15. The zero-order chi connectivity index (χ0) is 13.5. The lowest BCUT2D eigenvalue weighted by molar-refractivity contribution is 0.0164. The lowest BCUT2D eigenvalue weighted by Gasteiger charge is -2.19. The van der Waals surface area contributed by atoms with E-state index in [9.17, 15) is 0 Å². The summed E-state index contributed by atoms with van der Waals surface area (Å²) in [6.45, 7) is 2.08. The molecule has 1 N–H and O–H groups in total. The fourth-order valence-corrected chi connectivity index (χ4v) is 1.93. The molecule has 0 radical (unpaired) electrons. The van der Waals surface area contributed by atoms with Gasteiger partial charge in [0, 0.05) is 19.7 Å². The molecule has 0 aromatic heterocycles. The minimum Gasteiger partial charge on any atom is -0.497 e. The van der Waals surface area contributed by atoms with E-state index >= 15 is 0 Å². The summed E-state index contributed by atoms with van der Waals surface area (Å²) in [4.78, 5) is 0. The first-order valence-electron chi connectivity index (χ1n) is 6.81. The summed E-state index contributed by atoms with van der Waals surface area (Å²) in [5.41, 5.74) is 1.17. The first kappa shape index (κ1) is 14.3. The fourth-order valence-electron chi connectivity index (χ4n) is 1.93. The van der Waals surface area contributed by atoms with Gasteiger partial charge in [0.05, 0.1) is 26.4 Å². The molecule has 1 aliphatic rings. The van der Waals surface area contributed by atoms with Gasteiger partial charge in [-0.25, -0.2) is 0 Å². The van der Waals surface area contributed by atoms with E-state index in [1.165, 1.54) is 18.4 Å². The number of benzene rings is 1. The van der Waals surface area contributed by atoms with Crippen LogP contribution in [-0.2, 0) is 9.47 Å². The maximum Gasteiger partial charge on any atom is 0.118 e. The molecular weight excluding hydrogens is 242 g/mol. The van der Waals surface area contributed by atoms with Crippen molar-refractivity contribution in [3.63, 3.8) is 0 Å². The summed E-state index contributed by atoms with van der Waals surface area (Å²) in [5, 5.41) is 3.51. The molecule has 0 spiro atoms. The Morgan fingerprint density at radius 3 is 2.47 bits per heavy atom. The van der Waals surface area contributed by atoms with Crippen molar-refractivity contribution in [3.8, 4) is 5.75 Å². The van der Waals surface area contributed by atoms with Crippen LogP contribution in [0.4, 0.5) is 0 Å². The Balaban J connectivity index is 1.91. The molecule has 1 aromatic rings. The highest BCUT2D eigenvalue weighted by Gasteiger charge is 2.22. The van der Waals surface area contributed by atoms with Crippen LogP contribution in [0, 0.1) is 0 Å². The molecule has 106 valence electrons. The molecule has 0 bridgehead atoms. The van der Waals surface area contributed by atoms with Crippen LogP contribution in [0.15, 0.2) is 24.3 Å². The number of ether oxygens (including phenoxy) is 3. The van der Waals surface area contributed by atoms with Gasteiger partial charge in [0.1, 0.15) is 5.75 Å². The molecule has 1 aliphatic carbocycles. The van der Waals surface area contributed by atoms with Gasteiger partial charge in [-0.1, -0.05) is 12.1 Å². The molecular formula is C15H23NO3. The largest absolute Gasteiger partial charge is 0.497 e. The zero-order valence-corrected chi connectivity index (χ0v) is 11.7. The number of hydrogen-bond acceptors (Lipinski definition) is 4. The summed E-state index contributed by atoms with van der Waals surface area (Å²) < 4.78 is 16.1. The summed E-state index contributed by atoms with van der Waals surface area (Å²) in [6, 6.07) is 8.75. The van der Waals surface area contributed by atoms with Gasteiger partial charge in [0.2, 0.25) is 0 Å². The van der Waals surface area contributed by atoms with Crippen LogP contribution in [0.1, 0.15) is 24.5 Å². The van der Waals surface area contributed by atoms with Crippen molar-refractivity contribution in [2.24, 2.45) is 0 Å². The van der Waals surface area contributed by atoms with Gasteiger partial charge >= 0.3 is 0 Å². The van der Waals surface area contributed by atoms with Crippen molar-refractivity contribution in [1.82, 2.24) is 5.32 Å². The van der Waals surface area contributed by atoms with Gasteiger partial charge in [-0.05, 0) is 30.5 Å². The highest BCUT2D eigenvalue weighted by atomic mass is 16.5. The van der Waals surface area contributed by atoms with Crippen LogP contribution >= 0.6 is 0 Å². The molecule has 0 saturated heterocycles. The average Bonchev–Trinajstić information content (AvgIpc) is 3.27. The topological polar surface area (TPSA) is 39.7 Å². The Kier molecular flexibility index (Phi) is 5.63. The Morgan fingerprint density at radius 2 is 1.89 bits per heavy atom. The van der Waals surface area contributed by atoms with Crippen molar-refractivity contribution in [2.45, 2.75) is 25.0 Å². The Labute approximate surface area is 115 Å². The van der Waals surface area contributed by atoms with E-state index in [2.05, 4.69) is 17.4 Å². The van der Waals surface area contributed by atoms with Crippen molar-refractivity contribution in [3.05, 3.63) is 29.8 Å². The van der Waals surface area contributed by atoms with E-state index in [-0.39, 0.29) is 6.10 Å². The van der Waals surface area contributed by atoms with E-state index in [1.54, 1.807) is 14.2 Å². The molecule has 4 heteroatoms. The third-order valence-electron chi connectivity index (χ3n) is 3.26. The predicted molar refractivity (Wildman–Crippen MR) is 74.6 cm³/mol. The summed E-state index contributed by atoms with van der Waals surface area (Å²) in [7, 11) is 3.37. The van der Waals surface area contributed by atoms with E-state index in [0.29, 0.717) is 19.3 Å². The summed E-state index contributed by atoms with van der Waals surface area (Å²) in [6.07, 6.45) is 2.64. The highest BCUT2D eigenvalue weighted by Crippen LogP contribution is 2.23. The smallest absolute Gasteiger partial charge is 0.118 e. The van der Waals surface area contributed by atoms with Crippen molar-refractivity contribution >= 4 is 0 Å². The van der Waals surface area contributed by atoms with E-state index < -0.39 is 0 Å². The lowest BCUT2D eigenvalue weighted by atomic mass is 10.1. The van der Waals surface area contributed by atoms with Crippen LogP contribution < -0.4 is 10.1 Å². The molecule has 1 aromatic carbocycles. The van der Waals surface area contributed by atoms with Crippen molar-refractivity contribution in [2.75, 3.05) is 34.0 Å². The molecule has 4 nitrogen and oxygen atoms in total. The van der Waals surface area contributed by atoms with Crippen LogP contribution in [0.5, 0.6) is 5.75 Å². The maximum absolute atomic E-state index is 5.89. The third kappa shape index (κ3) is 4.82. The minimum atomic E-state index is 0.0710. The molecule has 2 rings (SSSR count). The summed E-state index contributed by atoms with van der Waals surface area (Å²) in [5.74, 6) is 0.870. The number of methoxy groups -OCH3 is 2. The molecule has 1 fully saturated rings. The van der Waals surface area contributed by atoms with Crippen LogP contribution in [0.3, 0.4) is 0 Å². The van der Waals surface area contributed by atoms with Gasteiger partial charge < -0.3 is 19.5 Å². The first-order valence-corrected chi connectivity index (χ1v) is 6.81. The van der Waals surface area contributed by atoms with Crippen molar-refractivity contribution in [1.29, 1.82) is 0 Å². The SMILES string of the molecule is COCCOC(CNC1CC1)c1ccc(OC)cc1. The van der Waals surface area contributed by atoms with Crippen LogP contribution in [-0.4, -0.2) is 40.0 Å². The second-order valence-corrected chi connectivity index (χ2v) is 4.81. The monoisotopic (exact) mass is 265 g/mol. The number of hydrogen-bond donors (Lipinski definition) is 1. The second kappa shape index (κ2) is 7.48. The maximum atomic E-state index is 5.89. The minimum absolute atomic E-state index is 0.0710. The number of nitrogens with one attached hydrogen (secondary N) is 1. The van der Waals surface area contributed by atoms with Gasteiger partial charge in [0.15, 0.2) is 0 Å². The van der Waals surface area contributed by atoms with Crippen LogP contribution in [0.25, 0.3) is 0 Å². The third-order valence-corrected chi connectivity index (χ3v) is 3.26. The average molecular weight is 265 g/mol. The first-order chi connectivity index (χ1) is 9.33. The van der Waals surface area contributed by atoms with E-state index in [1.807, 2.05) is 12.1 Å². The second-order valence-electron chi connectivity index (χ2n) is 4.81. The quantitative estimate of drug-likeness (QED) is 0.695. The molecule has 0 aliphatic heterocycles. The number of rotatable bonds is 9. The molecule has 0 amide bonds. The lowest BCUT2D eigenvalue weighted by Crippen LogP contribution is -2.26. The Hall–Kier alpha value is -1.10. The Morgan fingerprint density at radius 1 is 1.16 bits per heavy atom. The zero-order valence-electron chi connectivity index (χ0n) is 11.7. The molecule has 0 heterocycles. The standard InChI is InChI=1S/C15H23NO3/c1-17-9-10-19-15(11-16-13-5-6-13)12-3-7-14(18-2)8-4-12/h3-4,7-8,13,15-16H,5-6,9-11H2,1-2H3. The molecule has 1 atom stereocenters. The Bertz CT molecular complexity index is 362. The highest BCUT2D eigenvalue weighted by molar-refractivity contribution is 5.28. The van der Waals surface area contributed by atoms with Gasteiger partial charge in [-0.15, -0.1) is 0 Å². The van der Waals surface area contributed by atoms with E-state index in [0.717, 1.165) is 12.3 Å². The van der Waals surface area contributed by atoms with Crippen molar-refractivity contribution < 1.29 is 14.2 Å². The molecule has 1 saturated carbocycles. The van der Waals surface area contributed by atoms with Gasteiger partial charge in [0.25, 0.3) is 0 Å². The molecule has 1 unspecified atom stereocenters. The van der Waals surface area contributed by atoms with Gasteiger partial charge in [-0.2, -0.15) is 0 Å². The fraction of sp³-hybridized carbons (Fsp3) is 0.600. The molecule has 19 heavy (non-hydrogen) atoms. The van der Waals surface area contributed by atoms with Crippen LogP contribution in [0.2, 0.25) is 0 Å². The van der Waals surface area contributed by atoms with Gasteiger partial charge in [-0.3, -0.25) is 0 Å². The summed E-state index contributed by atoms with van der Waals surface area (Å²) >= 11 is 0. The normalized spacial score (nSPS) is 16.3. The van der Waals surface area contributed by atoms with E-state index in [4.69, 9.17) is 14.2 Å².